The summed E-state index contributed by atoms with van der Waals surface area (Å²) >= 11 is 0. The molecule has 0 atom stereocenters. The number of nitrogens with one attached hydrogen (secondary N) is 2. The van der Waals surface area contributed by atoms with E-state index in [4.69, 9.17) is 10.8 Å². The predicted molar refractivity (Wildman–Crippen MR) is 36.0 cm³/mol. The lowest BCUT2D eigenvalue weighted by Gasteiger charge is -1.92. The Labute approximate surface area is 53.4 Å². The summed E-state index contributed by atoms with van der Waals surface area (Å²) in [4.78, 5) is 0. The quantitative estimate of drug-likeness (QED) is 0.545. The van der Waals surface area contributed by atoms with Gasteiger partial charge in [-0.15, -0.1) is 0 Å². The van der Waals surface area contributed by atoms with Crippen LogP contribution in [0.2, 0.25) is 0 Å². The van der Waals surface area contributed by atoms with Crippen LogP contribution in [-0.2, 0) is 0 Å². The lowest BCUT2D eigenvalue weighted by molar-refractivity contribution is 0.674. The van der Waals surface area contributed by atoms with Gasteiger partial charge in [-0.25, -0.2) is 4.39 Å². The molecule has 9 heavy (non-hydrogen) atoms. The molecular weight excluding hydrogens is 119 g/mol. The van der Waals surface area contributed by atoms with Gasteiger partial charge in [-0.2, -0.15) is 0 Å². The van der Waals surface area contributed by atoms with Gasteiger partial charge in [0.05, 0.1) is 6.21 Å². The number of rotatable bonds is 3. The second-order valence-electron chi connectivity index (χ2n) is 1.52. The van der Waals surface area contributed by atoms with Gasteiger partial charge in [0, 0.05) is 11.8 Å². The number of halogens is 1. The molecule has 0 aliphatic rings. The fraction of sp³-hybridized carbons (Fsp3) is 0.333. The molecule has 0 rings (SSSR count). The molecule has 0 unspecified atom stereocenters. The van der Waals surface area contributed by atoms with Crippen LogP contribution >= 0.6 is 0 Å². The Balaban J connectivity index is 4.36. The summed E-state index contributed by atoms with van der Waals surface area (Å²) in [5, 5.41) is 13.2. The van der Waals surface area contributed by atoms with Crippen LogP contribution in [0.25, 0.3) is 0 Å². The summed E-state index contributed by atoms with van der Waals surface area (Å²) in [6.45, 7) is 1.74. The van der Waals surface area contributed by atoms with Crippen molar-refractivity contribution in [1.82, 2.24) is 0 Å². The molecule has 0 bridgehead atoms. The lowest BCUT2D eigenvalue weighted by atomic mass is 10.2. The molecule has 0 aromatic carbocycles. The molecule has 0 radical (unpaired) electrons. The normalized spacial score (nSPS) is 12.2. The zero-order chi connectivity index (χ0) is 7.28. The molecule has 0 amide bonds. The molecule has 2 nitrogen and oxygen atoms in total. The SMILES string of the molecule is CC/C(C=N)=C(\F)C=N. The third-order valence-electron chi connectivity index (χ3n) is 0.989. The first-order chi connectivity index (χ1) is 4.26. The van der Waals surface area contributed by atoms with E-state index < -0.39 is 5.83 Å². The minimum absolute atomic E-state index is 0.269. The topological polar surface area (TPSA) is 47.7 Å². The van der Waals surface area contributed by atoms with Crippen LogP contribution in [0.15, 0.2) is 11.4 Å². The van der Waals surface area contributed by atoms with Gasteiger partial charge in [-0.1, -0.05) is 6.92 Å². The molecule has 50 valence electrons. The van der Waals surface area contributed by atoms with E-state index in [9.17, 15) is 4.39 Å². The fourth-order valence-corrected chi connectivity index (χ4v) is 0.433. The van der Waals surface area contributed by atoms with E-state index in [1.807, 2.05) is 0 Å². The molecule has 0 aromatic heterocycles. The van der Waals surface area contributed by atoms with Crippen LogP contribution in [0.1, 0.15) is 13.3 Å². The van der Waals surface area contributed by atoms with E-state index in [0.717, 1.165) is 6.21 Å². The average molecular weight is 128 g/mol. The molecule has 0 aliphatic carbocycles. The fourth-order valence-electron chi connectivity index (χ4n) is 0.433. The smallest absolute Gasteiger partial charge is 0.145 e. The summed E-state index contributed by atoms with van der Waals surface area (Å²) in [6.07, 6.45) is 2.01. The largest absolute Gasteiger partial charge is 0.308 e. The van der Waals surface area contributed by atoms with Crippen LogP contribution in [-0.4, -0.2) is 12.4 Å². The molecule has 0 aromatic rings. The first kappa shape index (κ1) is 8.01. The third-order valence-corrected chi connectivity index (χ3v) is 0.989. The summed E-state index contributed by atoms with van der Waals surface area (Å²) < 4.78 is 12.3. The summed E-state index contributed by atoms with van der Waals surface area (Å²) in [7, 11) is 0. The number of allylic oxidation sites excluding steroid dienone is 2. The van der Waals surface area contributed by atoms with Crippen molar-refractivity contribution in [2.45, 2.75) is 13.3 Å². The Hall–Kier alpha value is -0.990. The second-order valence-corrected chi connectivity index (χ2v) is 1.52. The Morgan fingerprint density at radius 1 is 1.44 bits per heavy atom. The van der Waals surface area contributed by atoms with E-state index in [0.29, 0.717) is 12.6 Å². The van der Waals surface area contributed by atoms with Gasteiger partial charge in [-0.05, 0) is 6.42 Å². The first-order valence-electron chi connectivity index (χ1n) is 2.65. The highest BCUT2D eigenvalue weighted by atomic mass is 19.1. The van der Waals surface area contributed by atoms with Gasteiger partial charge in [0.25, 0.3) is 0 Å². The molecule has 0 fully saturated rings. The first-order valence-corrected chi connectivity index (χ1v) is 2.65. The highest BCUT2D eigenvalue weighted by Gasteiger charge is 1.95. The zero-order valence-electron chi connectivity index (χ0n) is 5.24. The highest BCUT2D eigenvalue weighted by molar-refractivity contribution is 5.86. The Morgan fingerprint density at radius 3 is 2.11 bits per heavy atom. The maximum absolute atomic E-state index is 12.3. The summed E-state index contributed by atoms with van der Waals surface area (Å²) in [6, 6.07) is 0. The van der Waals surface area contributed by atoms with Crippen molar-refractivity contribution in [3.63, 3.8) is 0 Å². The molecule has 3 heteroatoms. The van der Waals surface area contributed by atoms with E-state index in [1.54, 1.807) is 6.92 Å². The minimum Gasteiger partial charge on any atom is -0.308 e. The number of hydrogen-bond acceptors (Lipinski definition) is 2. The van der Waals surface area contributed by atoms with Gasteiger partial charge < -0.3 is 10.8 Å². The van der Waals surface area contributed by atoms with Crippen molar-refractivity contribution < 1.29 is 4.39 Å². The van der Waals surface area contributed by atoms with E-state index in [-0.39, 0.29) is 5.57 Å². The predicted octanol–water partition coefficient (Wildman–Crippen LogP) is 1.92. The van der Waals surface area contributed by atoms with Crippen LogP contribution < -0.4 is 0 Å². The number of hydrogen-bond donors (Lipinski definition) is 2. The molecular formula is C6H9FN2. The molecule has 0 spiro atoms. The summed E-state index contributed by atoms with van der Waals surface area (Å²) in [5.41, 5.74) is 0.269. The van der Waals surface area contributed by atoms with Gasteiger partial charge in [0.15, 0.2) is 0 Å². The Kier molecular flexibility index (Phi) is 3.51. The minimum atomic E-state index is -0.618. The van der Waals surface area contributed by atoms with Crippen LogP contribution in [0.5, 0.6) is 0 Å². The van der Waals surface area contributed by atoms with Crippen LogP contribution in [0.4, 0.5) is 4.39 Å². The zero-order valence-corrected chi connectivity index (χ0v) is 5.24. The molecule has 0 heterocycles. The monoisotopic (exact) mass is 128 g/mol. The van der Waals surface area contributed by atoms with E-state index >= 15 is 0 Å². The Morgan fingerprint density at radius 2 is 2.00 bits per heavy atom. The van der Waals surface area contributed by atoms with Crippen molar-refractivity contribution in [2.75, 3.05) is 0 Å². The van der Waals surface area contributed by atoms with Crippen molar-refractivity contribution in [3.05, 3.63) is 11.4 Å². The van der Waals surface area contributed by atoms with E-state index in [1.165, 1.54) is 0 Å². The Bertz CT molecular complexity index is 149. The van der Waals surface area contributed by atoms with Crippen molar-refractivity contribution >= 4 is 12.4 Å². The maximum Gasteiger partial charge on any atom is 0.145 e. The van der Waals surface area contributed by atoms with Crippen LogP contribution in [0.3, 0.4) is 0 Å². The van der Waals surface area contributed by atoms with Gasteiger partial charge >= 0.3 is 0 Å². The lowest BCUT2D eigenvalue weighted by Crippen LogP contribution is -1.86. The average Bonchev–Trinajstić information content (AvgIpc) is 1.90. The molecule has 0 aliphatic heterocycles. The van der Waals surface area contributed by atoms with Crippen molar-refractivity contribution in [1.29, 1.82) is 10.8 Å². The maximum atomic E-state index is 12.3. The van der Waals surface area contributed by atoms with Crippen molar-refractivity contribution in [2.24, 2.45) is 0 Å². The van der Waals surface area contributed by atoms with Gasteiger partial charge in [0.2, 0.25) is 0 Å². The van der Waals surface area contributed by atoms with Gasteiger partial charge in [0.1, 0.15) is 5.83 Å². The molecule has 2 N–H and O–H groups in total. The standard InChI is InChI=1S/C6H9FN2/c1-2-5(3-8)6(7)4-9/h3-4,8-9H,2H2,1H3/b6-5+,8-3?,9-4?. The third kappa shape index (κ3) is 2.17. The summed E-state index contributed by atoms with van der Waals surface area (Å²) in [5.74, 6) is -0.618. The second kappa shape index (κ2) is 3.95. The molecule has 0 saturated heterocycles. The van der Waals surface area contributed by atoms with E-state index in [2.05, 4.69) is 0 Å². The van der Waals surface area contributed by atoms with Crippen LogP contribution in [0, 0.1) is 10.8 Å². The molecule has 0 saturated carbocycles. The van der Waals surface area contributed by atoms with Crippen molar-refractivity contribution in [3.8, 4) is 0 Å². The highest BCUT2D eigenvalue weighted by Crippen LogP contribution is 2.03. The van der Waals surface area contributed by atoms with Gasteiger partial charge in [-0.3, -0.25) is 0 Å².